The monoisotopic (exact) mass is 349 g/mol. The molecule has 2 heterocycles. The molecule has 2 rings (SSSR count). The van der Waals surface area contributed by atoms with Gasteiger partial charge in [-0.05, 0) is 18.9 Å². The molecule has 0 atom stereocenters. The minimum atomic E-state index is -0.0609. The molecule has 0 aromatic carbocycles. The number of carbonyl (C=O) groups excluding carboxylic acids is 2. The predicted molar refractivity (Wildman–Crippen MR) is 93.6 cm³/mol. The molecule has 0 spiro atoms. The van der Waals surface area contributed by atoms with Crippen molar-refractivity contribution < 1.29 is 19.1 Å². The van der Waals surface area contributed by atoms with Crippen LogP contribution in [0.4, 0.5) is 0 Å². The lowest BCUT2D eigenvalue weighted by molar-refractivity contribution is -0.136. The van der Waals surface area contributed by atoms with Crippen LogP contribution in [0.25, 0.3) is 0 Å². The van der Waals surface area contributed by atoms with Gasteiger partial charge >= 0.3 is 0 Å². The van der Waals surface area contributed by atoms with E-state index in [0.29, 0.717) is 44.2 Å². The van der Waals surface area contributed by atoms with Crippen molar-refractivity contribution in [1.82, 2.24) is 14.8 Å². The Hall–Kier alpha value is -2.15. The minimum absolute atomic E-state index is 0.00372. The molecule has 1 aromatic heterocycles. The highest BCUT2D eigenvalue weighted by Gasteiger charge is 2.23. The Labute approximate surface area is 148 Å². The first-order chi connectivity index (χ1) is 12.2. The van der Waals surface area contributed by atoms with Crippen molar-refractivity contribution in [1.29, 1.82) is 0 Å². The standard InChI is InChI=1S/C18H27N3O4/c1-3-4-12-25-14-17(22)20-8-5-9-21(11-10-20)18(23)15-6-7-19-16(13-15)24-2/h6-7,13H,3-5,8-12,14H2,1-2H3. The van der Waals surface area contributed by atoms with Gasteiger partial charge in [0.1, 0.15) is 6.61 Å². The normalized spacial score (nSPS) is 15.0. The molecule has 0 radical (unpaired) electrons. The Balaban J connectivity index is 1.87. The predicted octanol–water partition coefficient (Wildman–Crippen LogP) is 1.58. The summed E-state index contributed by atoms with van der Waals surface area (Å²) in [5.41, 5.74) is 0.550. The van der Waals surface area contributed by atoms with E-state index in [0.717, 1.165) is 19.3 Å². The summed E-state index contributed by atoms with van der Waals surface area (Å²) < 4.78 is 10.5. The molecule has 0 unspecified atom stereocenters. The topological polar surface area (TPSA) is 72.0 Å². The number of nitrogens with zero attached hydrogens (tertiary/aromatic N) is 3. The summed E-state index contributed by atoms with van der Waals surface area (Å²) >= 11 is 0. The van der Waals surface area contributed by atoms with E-state index in [4.69, 9.17) is 9.47 Å². The van der Waals surface area contributed by atoms with Crippen molar-refractivity contribution in [3.63, 3.8) is 0 Å². The number of aromatic nitrogens is 1. The Bertz CT molecular complexity index is 579. The average molecular weight is 349 g/mol. The van der Waals surface area contributed by atoms with E-state index in [-0.39, 0.29) is 18.4 Å². The van der Waals surface area contributed by atoms with Crippen LogP contribution in [0.5, 0.6) is 5.88 Å². The van der Waals surface area contributed by atoms with Crippen molar-refractivity contribution >= 4 is 11.8 Å². The van der Waals surface area contributed by atoms with Crippen LogP contribution in [0.15, 0.2) is 18.3 Å². The average Bonchev–Trinajstić information content (AvgIpc) is 2.91. The van der Waals surface area contributed by atoms with Gasteiger partial charge in [0, 0.05) is 50.6 Å². The zero-order valence-electron chi connectivity index (χ0n) is 15.1. The van der Waals surface area contributed by atoms with Gasteiger partial charge in [0.15, 0.2) is 0 Å². The summed E-state index contributed by atoms with van der Waals surface area (Å²) in [5, 5.41) is 0. The van der Waals surface area contributed by atoms with Crippen LogP contribution < -0.4 is 4.74 Å². The van der Waals surface area contributed by atoms with Gasteiger partial charge in [0.25, 0.3) is 5.91 Å². The van der Waals surface area contributed by atoms with Gasteiger partial charge in [-0.3, -0.25) is 9.59 Å². The van der Waals surface area contributed by atoms with Crippen LogP contribution >= 0.6 is 0 Å². The van der Waals surface area contributed by atoms with Crippen LogP contribution in [0, 0.1) is 0 Å². The first-order valence-corrected chi connectivity index (χ1v) is 8.80. The highest BCUT2D eigenvalue weighted by Crippen LogP contribution is 2.13. The van der Waals surface area contributed by atoms with Crippen LogP contribution in [0.1, 0.15) is 36.5 Å². The fourth-order valence-corrected chi connectivity index (χ4v) is 2.70. The van der Waals surface area contributed by atoms with Crippen molar-refractivity contribution in [2.45, 2.75) is 26.2 Å². The fraction of sp³-hybridized carbons (Fsp3) is 0.611. The molecule has 0 bridgehead atoms. The van der Waals surface area contributed by atoms with Crippen LogP contribution in [-0.2, 0) is 9.53 Å². The number of hydrogen-bond acceptors (Lipinski definition) is 5. The number of ether oxygens (including phenoxy) is 2. The lowest BCUT2D eigenvalue weighted by atomic mass is 10.2. The van der Waals surface area contributed by atoms with Gasteiger partial charge in [-0.2, -0.15) is 0 Å². The number of methoxy groups -OCH3 is 1. The summed E-state index contributed by atoms with van der Waals surface area (Å²) in [6.45, 7) is 5.15. The first-order valence-electron chi connectivity index (χ1n) is 8.80. The van der Waals surface area contributed by atoms with E-state index >= 15 is 0 Å². The molecule has 25 heavy (non-hydrogen) atoms. The SMILES string of the molecule is CCCCOCC(=O)N1CCCN(C(=O)c2ccnc(OC)c2)CC1. The van der Waals surface area contributed by atoms with Gasteiger partial charge in [-0.1, -0.05) is 13.3 Å². The number of pyridine rings is 1. The van der Waals surface area contributed by atoms with E-state index in [1.54, 1.807) is 28.1 Å². The van der Waals surface area contributed by atoms with Crippen molar-refractivity contribution in [2.24, 2.45) is 0 Å². The summed E-state index contributed by atoms with van der Waals surface area (Å²) in [6.07, 6.45) is 4.34. The van der Waals surface area contributed by atoms with E-state index in [1.165, 1.54) is 7.11 Å². The van der Waals surface area contributed by atoms with Gasteiger partial charge in [-0.15, -0.1) is 0 Å². The zero-order valence-corrected chi connectivity index (χ0v) is 15.1. The van der Waals surface area contributed by atoms with Crippen LogP contribution in [0.3, 0.4) is 0 Å². The molecule has 1 aliphatic rings. The maximum Gasteiger partial charge on any atom is 0.254 e. The second kappa shape index (κ2) is 9.98. The molecule has 138 valence electrons. The van der Waals surface area contributed by atoms with E-state index in [9.17, 15) is 9.59 Å². The van der Waals surface area contributed by atoms with Gasteiger partial charge < -0.3 is 19.3 Å². The summed E-state index contributed by atoms with van der Waals surface area (Å²) in [4.78, 5) is 32.5. The molecule has 1 aliphatic heterocycles. The Morgan fingerprint density at radius 3 is 2.72 bits per heavy atom. The maximum atomic E-state index is 12.7. The van der Waals surface area contributed by atoms with Gasteiger partial charge in [-0.25, -0.2) is 4.98 Å². The largest absolute Gasteiger partial charge is 0.481 e. The van der Waals surface area contributed by atoms with Crippen molar-refractivity contribution in [2.75, 3.05) is 46.5 Å². The molecule has 1 saturated heterocycles. The molecule has 1 fully saturated rings. The van der Waals surface area contributed by atoms with E-state index < -0.39 is 0 Å². The number of unbranched alkanes of at least 4 members (excludes halogenated alkanes) is 1. The number of amides is 2. The van der Waals surface area contributed by atoms with E-state index in [2.05, 4.69) is 11.9 Å². The third kappa shape index (κ3) is 5.70. The highest BCUT2D eigenvalue weighted by atomic mass is 16.5. The molecular weight excluding hydrogens is 322 g/mol. The zero-order chi connectivity index (χ0) is 18.1. The summed E-state index contributed by atoms with van der Waals surface area (Å²) in [7, 11) is 1.52. The quantitative estimate of drug-likeness (QED) is 0.699. The van der Waals surface area contributed by atoms with Crippen LogP contribution in [0.2, 0.25) is 0 Å². The minimum Gasteiger partial charge on any atom is -0.481 e. The number of hydrogen-bond donors (Lipinski definition) is 0. The molecule has 7 nitrogen and oxygen atoms in total. The first kappa shape index (κ1) is 19.2. The van der Waals surface area contributed by atoms with Crippen LogP contribution in [-0.4, -0.2) is 73.1 Å². The fourth-order valence-electron chi connectivity index (χ4n) is 2.70. The molecule has 0 saturated carbocycles. The summed E-state index contributed by atoms with van der Waals surface area (Å²) in [5.74, 6) is 0.354. The molecule has 2 amide bonds. The Kier molecular flexibility index (Phi) is 7.66. The Morgan fingerprint density at radius 1 is 1.20 bits per heavy atom. The molecule has 7 heteroatoms. The van der Waals surface area contributed by atoms with E-state index in [1.807, 2.05) is 0 Å². The van der Waals surface area contributed by atoms with Crippen molar-refractivity contribution in [3.8, 4) is 5.88 Å². The highest BCUT2D eigenvalue weighted by molar-refractivity contribution is 5.94. The lowest BCUT2D eigenvalue weighted by Gasteiger charge is -2.22. The summed E-state index contributed by atoms with van der Waals surface area (Å²) in [6, 6.07) is 3.32. The molecule has 1 aromatic rings. The number of carbonyl (C=O) groups is 2. The van der Waals surface area contributed by atoms with Gasteiger partial charge in [0.2, 0.25) is 11.8 Å². The smallest absolute Gasteiger partial charge is 0.254 e. The van der Waals surface area contributed by atoms with Crippen molar-refractivity contribution in [3.05, 3.63) is 23.9 Å². The molecule has 0 aliphatic carbocycles. The molecule has 0 N–H and O–H groups in total. The second-order valence-electron chi connectivity index (χ2n) is 6.02. The third-order valence-electron chi connectivity index (χ3n) is 4.19. The lowest BCUT2D eigenvalue weighted by Crippen LogP contribution is -2.38. The Morgan fingerprint density at radius 2 is 1.96 bits per heavy atom. The third-order valence-corrected chi connectivity index (χ3v) is 4.19. The second-order valence-corrected chi connectivity index (χ2v) is 6.02. The number of rotatable bonds is 7. The maximum absolute atomic E-state index is 12.7. The molecular formula is C18H27N3O4. The van der Waals surface area contributed by atoms with Gasteiger partial charge in [0.05, 0.1) is 7.11 Å².